The van der Waals surface area contributed by atoms with Crippen molar-refractivity contribution in [1.82, 2.24) is 15.1 Å². The van der Waals surface area contributed by atoms with Crippen LogP contribution in [0.15, 0.2) is 30.3 Å². The van der Waals surface area contributed by atoms with Crippen molar-refractivity contribution < 1.29 is 9.53 Å². The molecule has 5 heteroatoms. The molecule has 1 atom stereocenters. The van der Waals surface area contributed by atoms with Gasteiger partial charge in [-0.25, -0.2) is 0 Å². The number of hydrogen-bond donors (Lipinski definition) is 1. The number of amides is 1. The molecule has 1 aliphatic heterocycles. The highest BCUT2D eigenvalue weighted by Gasteiger charge is 2.17. The molecular weight excluding hydrogens is 278 g/mol. The highest BCUT2D eigenvalue weighted by Crippen LogP contribution is 2.01. The smallest absolute Gasteiger partial charge is 0.234 e. The Labute approximate surface area is 133 Å². The molecule has 0 aromatic heterocycles. The van der Waals surface area contributed by atoms with Crippen LogP contribution >= 0.6 is 0 Å². The first-order valence-corrected chi connectivity index (χ1v) is 7.95. The van der Waals surface area contributed by atoms with Gasteiger partial charge in [0.15, 0.2) is 0 Å². The molecule has 0 spiro atoms. The second-order valence-electron chi connectivity index (χ2n) is 6.05. The van der Waals surface area contributed by atoms with Crippen molar-refractivity contribution in [1.29, 1.82) is 0 Å². The molecule has 2 rings (SSSR count). The van der Waals surface area contributed by atoms with Gasteiger partial charge in [-0.2, -0.15) is 0 Å². The predicted molar refractivity (Wildman–Crippen MR) is 87.6 cm³/mol. The summed E-state index contributed by atoms with van der Waals surface area (Å²) in [5.74, 6) is 0.0837. The van der Waals surface area contributed by atoms with Crippen molar-refractivity contribution in [2.75, 3.05) is 46.4 Å². The van der Waals surface area contributed by atoms with Crippen LogP contribution in [0, 0.1) is 0 Å². The van der Waals surface area contributed by atoms with E-state index in [2.05, 4.69) is 22.2 Å². The van der Waals surface area contributed by atoms with Crippen molar-refractivity contribution >= 4 is 5.91 Å². The molecular formula is C17H27N3O2. The van der Waals surface area contributed by atoms with Gasteiger partial charge >= 0.3 is 0 Å². The number of hydrogen-bond acceptors (Lipinski definition) is 4. The number of piperazine rings is 1. The summed E-state index contributed by atoms with van der Waals surface area (Å²) in [4.78, 5) is 16.5. The van der Waals surface area contributed by atoms with Gasteiger partial charge in [-0.05, 0) is 19.5 Å². The van der Waals surface area contributed by atoms with Gasteiger partial charge in [0.2, 0.25) is 5.91 Å². The summed E-state index contributed by atoms with van der Waals surface area (Å²) in [6.45, 7) is 7.56. The Morgan fingerprint density at radius 1 is 1.23 bits per heavy atom. The minimum Gasteiger partial charge on any atom is -0.375 e. The van der Waals surface area contributed by atoms with Gasteiger partial charge in [-0.1, -0.05) is 30.3 Å². The molecule has 0 aliphatic carbocycles. The van der Waals surface area contributed by atoms with Crippen LogP contribution in [0.25, 0.3) is 0 Å². The van der Waals surface area contributed by atoms with E-state index in [4.69, 9.17) is 4.74 Å². The summed E-state index contributed by atoms with van der Waals surface area (Å²) in [5.41, 5.74) is 1.15. The number of nitrogens with one attached hydrogen (secondary N) is 1. The lowest BCUT2D eigenvalue weighted by atomic mass is 10.2. The van der Waals surface area contributed by atoms with Gasteiger partial charge in [0.1, 0.15) is 0 Å². The van der Waals surface area contributed by atoms with E-state index in [1.807, 2.05) is 37.3 Å². The summed E-state index contributed by atoms with van der Waals surface area (Å²) in [5, 5.41) is 3.01. The maximum Gasteiger partial charge on any atom is 0.234 e. The molecule has 0 saturated carbocycles. The predicted octanol–water partition coefficient (Wildman–Crippen LogP) is 0.955. The number of rotatable bonds is 7. The van der Waals surface area contributed by atoms with Crippen molar-refractivity contribution in [2.24, 2.45) is 0 Å². The topological polar surface area (TPSA) is 44.8 Å². The van der Waals surface area contributed by atoms with E-state index in [9.17, 15) is 4.79 Å². The van der Waals surface area contributed by atoms with Crippen molar-refractivity contribution in [2.45, 2.75) is 19.6 Å². The number of carbonyl (C=O) groups excluding carboxylic acids is 1. The van der Waals surface area contributed by atoms with Crippen LogP contribution in [0.1, 0.15) is 12.5 Å². The maximum absolute atomic E-state index is 12.0. The molecule has 1 amide bonds. The second kappa shape index (κ2) is 8.88. The lowest BCUT2D eigenvalue weighted by Gasteiger charge is -2.32. The molecule has 1 saturated heterocycles. The van der Waals surface area contributed by atoms with Gasteiger partial charge in [0, 0.05) is 32.2 Å². The lowest BCUT2D eigenvalue weighted by molar-refractivity contribution is -0.123. The van der Waals surface area contributed by atoms with Gasteiger partial charge in [0.05, 0.1) is 19.8 Å². The van der Waals surface area contributed by atoms with Gasteiger partial charge in [0.25, 0.3) is 0 Å². The van der Waals surface area contributed by atoms with Crippen LogP contribution in [0.2, 0.25) is 0 Å². The van der Waals surface area contributed by atoms with E-state index in [0.29, 0.717) is 19.8 Å². The maximum atomic E-state index is 12.0. The fourth-order valence-corrected chi connectivity index (χ4v) is 2.50. The van der Waals surface area contributed by atoms with Crippen LogP contribution < -0.4 is 5.32 Å². The Morgan fingerprint density at radius 3 is 2.59 bits per heavy atom. The van der Waals surface area contributed by atoms with Crippen LogP contribution in [0.5, 0.6) is 0 Å². The number of benzene rings is 1. The molecule has 1 aromatic rings. The van der Waals surface area contributed by atoms with E-state index in [1.54, 1.807) is 0 Å². The summed E-state index contributed by atoms with van der Waals surface area (Å²) < 4.78 is 5.65. The fourth-order valence-electron chi connectivity index (χ4n) is 2.50. The van der Waals surface area contributed by atoms with E-state index in [-0.39, 0.29) is 11.9 Å². The van der Waals surface area contributed by atoms with Crippen molar-refractivity contribution in [3.63, 3.8) is 0 Å². The zero-order valence-corrected chi connectivity index (χ0v) is 13.6. The molecule has 1 aromatic carbocycles. The molecule has 0 bridgehead atoms. The molecule has 122 valence electrons. The third kappa shape index (κ3) is 6.13. The van der Waals surface area contributed by atoms with Gasteiger partial charge < -0.3 is 15.0 Å². The summed E-state index contributed by atoms with van der Waals surface area (Å²) in [6.07, 6.45) is 0. The third-order valence-corrected chi connectivity index (χ3v) is 3.85. The van der Waals surface area contributed by atoms with Crippen molar-refractivity contribution in [3.05, 3.63) is 35.9 Å². The van der Waals surface area contributed by atoms with Crippen molar-refractivity contribution in [3.8, 4) is 0 Å². The Balaban J connectivity index is 1.60. The molecule has 22 heavy (non-hydrogen) atoms. The first kappa shape index (κ1) is 16.9. The highest BCUT2D eigenvalue weighted by atomic mass is 16.5. The molecule has 1 fully saturated rings. The number of ether oxygens (including phenoxy) is 1. The standard InChI is InChI=1S/C17H27N3O2/c1-15(13-22-14-16-6-4-3-5-7-16)18-17(21)12-20-10-8-19(2)9-11-20/h3-7,15H,8-14H2,1-2H3,(H,18,21)/t15-/m1/s1. The molecule has 1 aliphatic rings. The largest absolute Gasteiger partial charge is 0.375 e. The Morgan fingerprint density at radius 2 is 1.91 bits per heavy atom. The normalized spacial score (nSPS) is 18.1. The molecule has 0 unspecified atom stereocenters. The summed E-state index contributed by atoms with van der Waals surface area (Å²) >= 11 is 0. The van der Waals surface area contributed by atoms with E-state index < -0.39 is 0 Å². The second-order valence-corrected chi connectivity index (χ2v) is 6.05. The minimum absolute atomic E-state index is 0.0312. The summed E-state index contributed by atoms with van der Waals surface area (Å²) in [6, 6.07) is 10.1. The SMILES string of the molecule is C[C@H](COCc1ccccc1)NC(=O)CN1CCN(C)CC1. The average molecular weight is 305 g/mol. The van der Waals surface area contributed by atoms with E-state index >= 15 is 0 Å². The molecule has 5 nitrogen and oxygen atoms in total. The Bertz CT molecular complexity index is 444. The lowest BCUT2D eigenvalue weighted by Crippen LogP contribution is -2.49. The van der Waals surface area contributed by atoms with E-state index in [1.165, 1.54) is 0 Å². The van der Waals surface area contributed by atoms with E-state index in [0.717, 1.165) is 31.7 Å². The quantitative estimate of drug-likeness (QED) is 0.815. The average Bonchev–Trinajstić information content (AvgIpc) is 2.50. The fraction of sp³-hybridized carbons (Fsp3) is 0.588. The first-order chi connectivity index (χ1) is 10.6. The van der Waals surface area contributed by atoms with Gasteiger partial charge in [-0.15, -0.1) is 0 Å². The highest BCUT2D eigenvalue weighted by molar-refractivity contribution is 5.78. The Kier molecular flexibility index (Phi) is 6.83. The summed E-state index contributed by atoms with van der Waals surface area (Å²) in [7, 11) is 2.11. The first-order valence-electron chi connectivity index (χ1n) is 7.95. The van der Waals surface area contributed by atoms with Crippen LogP contribution in [-0.2, 0) is 16.1 Å². The van der Waals surface area contributed by atoms with Crippen LogP contribution in [0.3, 0.4) is 0 Å². The number of carbonyl (C=O) groups is 1. The third-order valence-electron chi connectivity index (χ3n) is 3.85. The molecule has 0 radical (unpaired) electrons. The zero-order valence-electron chi connectivity index (χ0n) is 13.6. The number of nitrogens with zero attached hydrogens (tertiary/aromatic N) is 2. The Hall–Kier alpha value is -1.43. The molecule has 1 heterocycles. The monoisotopic (exact) mass is 305 g/mol. The molecule has 1 N–H and O–H groups in total. The number of likely N-dealkylation sites (N-methyl/N-ethyl adjacent to an activating group) is 1. The van der Waals surface area contributed by atoms with Crippen LogP contribution in [0.4, 0.5) is 0 Å². The van der Waals surface area contributed by atoms with Gasteiger partial charge in [-0.3, -0.25) is 9.69 Å². The zero-order chi connectivity index (χ0) is 15.8. The minimum atomic E-state index is 0.0312. The van der Waals surface area contributed by atoms with Crippen LogP contribution in [-0.4, -0.2) is 68.1 Å².